The lowest BCUT2D eigenvalue weighted by atomic mass is 10.2. The number of carbonyl (C=O) groups is 1. The van der Waals surface area contributed by atoms with Crippen molar-refractivity contribution in [2.75, 3.05) is 0 Å². The van der Waals surface area contributed by atoms with Crippen molar-refractivity contribution in [3.05, 3.63) is 32.7 Å². The van der Waals surface area contributed by atoms with Gasteiger partial charge in [-0.2, -0.15) is 0 Å². The molecule has 1 aromatic rings. The van der Waals surface area contributed by atoms with Crippen LogP contribution in [0.3, 0.4) is 0 Å². The third-order valence-electron chi connectivity index (χ3n) is 1.27. The van der Waals surface area contributed by atoms with Gasteiger partial charge in [-0.15, -0.1) is 0 Å². The zero-order chi connectivity index (χ0) is 9.14. The van der Waals surface area contributed by atoms with E-state index < -0.39 is 0 Å². The van der Waals surface area contributed by atoms with Gasteiger partial charge in [-0.1, -0.05) is 31.9 Å². The lowest BCUT2D eigenvalue weighted by Crippen LogP contribution is -1.92. The molecule has 0 atom stereocenters. The van der Waals surface area contributed by atoms with E-state index >= 15 is 0 Å². The van der Waals surface area contributed by atoms with E-state index in [4.69, 9.17) is 11.6 Å². The van der Waals surface area contributed by atoms with Crippen LogP contribution in [0.2, 0.25) is 0 Å². The molecule has 0 amide bonds. The summed E-state index contributed by atoms with van der Waals surface area (Å²) >= 11 is 11.9. The molecule has 0 saturated carbocycles. The van der Waals surface area contributed by atoms with Gasteiger partial charge in [0.1, 0.15) is 0 Å². The van der Waals surface area contributed by atoms with E-state index in [2.05, 4.69) is 31.9 Å². The van der Waals surface area contributed by atoms with E-state index in [0.717, 1.165) is 14.5 Å². The monoisotopic (exact) mass is 310 g/mol. The van der Waals surface area contributed by atoms with E-state index in [-0.39, 0.29) is 11.7 Å². The van der Waals surface area contributed by atoms with Crippen molar-refractivity contribution in [1.29, 1.82) is 0 Å². The van der Waals surface area contributed by atoms with Crippen molar-refractivity contribution in [1.82, 2.24) is 0 Å². The maximum atomic E-state index is 10.6. The molecule has 0 aliphatic carbocycles. The van der Waals surface area contributed by atoms with Crippen LogP contribution < -0.4 is 0 Å². The first kappa shape index (κ1) is 10.2. The second kappa shape index (κ2) is 4.40. The van der Waals surface area contributed by atoms with Gasteiger partial charge >= 0.3 is 0 Å². The van der Waals surface area contributed by atoms with Crippen LogP contribution in [0.4, 0.5) is 0 Å². The minimum atomic E-state index is -0.347. The van der Waals surface area contributed by atoms with Crippen molar-refractivity contribution < 1.29 is 4.79 Å². The molecule has 1 rings (SSSR count). The number of rotatable bonds is 2. The van der Waals surface area contributed by atoms with Gasteiger partial charge in [0.05, 0.1) is 0 Å². The standard InChI is InChI=1S/C8H5Br2ClO/c9-6-1-5(3-8(11)12)2-7(10)4-6/h1-2,4H,3H2. The molecule has 0 aliphatic rings. The van der Waals surface area contributed by atoms with Crippen LogP contribution in [0, 0.1) is 0 Å². The van der Waals surface area contributed by atoms with Gasteiger partial charge in [0.2, 0.25) is 5.24 Å². The van der Waals surface area contributed by atoms with E-state index in [1.807, 2.05) is 18.2 Å². The molecule has 1 aromatic carbocycles. The van der Waals surface area contributed by atoms with Gasteiger partial charge < -0.3 is 0 Å². The zero-order valence-electron chi connectivity index (χ0n) is 5.98. The highest BCUT2D eigenvalue weighted by molar-refractivity contribution is 9.11. The van der Waals surface area contributed by atoms with Gasteiger partial charge in [0.25, 0.3) is 0 Å². The molecule has 0 fully saturated rings. The van der Waals surface area contributed by atoms with Crippen molar-refractivity contribution in [2.24, 2.45) is 0 Å². The Hall–Kier alpha value is 0.140. The highest BCUT2D eigenvalue weighted by Gasteiger charge is 2.01. The fourth-order valence-electron chi connectivity index (χ4n) is 0.873. The van der Waals surface area contributed by atoms with Gasteiger partial charge in [-0.05, 0) is 35.4 Å². The van der Waals surface area contributed by atoms with Gasteiger partial charge in [0, 0.05) is 15.4 Å². The molecule has 12 heavy (non-hydrogen) atoms. The van der Waals surface area contributed by atoms with Gasteiger partial charge in [-0.3, -0.25) is 4.79 Å². The van der Waals surface area contributed by atoms with E-state index in [1.54, 1.807) is 0 Å². The molecule has 0 radical (unpaired) electrons. The molecule has 1 nitrogen and oxygen atoms in total. The number of halogens is 3. The number of hydrogen-bond acceptors (Lipinski definition) is 1. The quantitative estimate of drug-likeness (QED) is 0.764. The average molecular weight is 312 g/mol. The Bertz CT molecular complexity index is 292. The van der Waals surface area contributed by atoms with Gasteiger partial charge in [0.15, 0.2) is 0 Å². The molecule has 4 heteroatoms. The first-order chi connectivity index (χ1) is 5.58. The van der Waals surface area contributed by atoms with E-state index in [0.29, 0.717) is 0 Å². The van der Waals surface area contributed by atoms with Crippen LogP contribution in [0.5, 0.6) is 0 Å². The second-order valence-corrected chi connectivity index (χ2v) is 4.56. The summed E-state index contributed by atoms with van der Waals surface area (Å²) in [5.74, 6) is 0. The summed E-state index contributed by atoms with van der Waals surface area (Å²) in [6, 6.07) is 5.64. The van der Waals surface area contributed by atoms with Crippen LogP contribution in [0.15, 0.2) is 27.1 Å². The minimum Gasteiger partial charge on any atom is -0.281 e. The Kier molecular flexibility index (Phi) is 3.75. The Morgan fingerprint density at radius 2 is 1.75 bits per heavy atom. The summed E-state index contributed by atoms with van der Waals surface area (Å²) in [6.07, 6.45) is 0.263. The van der Waals surface area contributed by atoms with Crippen LogP contribution in [0.25, 0.3) is 0 Å². The second-order valence-electron chi connectivity index (χ2n) is 2.31. The van der Waals surface area contributed by atoms with Crippen LogP contribution in [-0.2, 0) is 11.2 Å². The van der Waals surface area contributed by atoms with Crippen LogP contribution in [-0.4, -0.2) is 5.24 Å². The lowest BCUT2D eigenvalue weighted by molar-refractivity contribution is -0.111. The third-order valence-corrected chi connectivity index (χ3v) is 2.31. The van der Waals surface area contributed by atoms with Crippen molar-refractivity contribution in [2.45, 2.75) is 6.42 Å². The summed E-state index contributed by atoms with van der Waals surface area (Å²) in [5, 5.41) is -0.347. The molecule has 0 bridgehead atoms. The Balaban J connectivity index is 2.93. The molecule has 0 spiro atoms. The topological polar surface area (TPSA) is 17.1 Å². The summed E-state index contributed by atoms with van der Waals surface area (Å²) in [4.78, 5) is 10.6. The molecule has 64 valence electrons. The first-order valence-electron chi connectivity index (χ1n) is 3.21. The summed E-state index contributed by atoms with van der Waals surface area (Å²) in [6.45, 7) is 0. The number of hydrogen-bond donors (Lipinski definition) is 0. The Labute approximate surface area is 92.4 Å². The molecule has 0 aliphatic heterocycles. The maximum absolute atomic E-state index is 10.6. The maximum Gasteiger partial charge on any atom is 0.226 e. The predicted octanol–water partition coefficient (Wildman–Crippen LogP) is 3.52. The average Bonchev–Trinajstić information content (AvgIpc) is 1.81. The normalized spacial score (nSPS) is 9.92. The zero-order valence-corrected chi connectivity index (χ0v) is 9.91. The smallest absolute Gasteiger partial charge is 0.226 e. The molecule has 0 unspecified atom stereocenters. The molecule has 0 saturated heterocycles. The van der Waals surface area contributed by atoms with Crippen LogP contribution >= 0.6 is 43.5 Å². The Morgan fingerprint density at radius 3 is 2.17 bits per heavy atom. The molecule has 0 aromatic heterocycles. The summed E-state index contributed by atoms with van der Waals surface area (Å²) < 4.78 is 1.87. The van der Waals surface area contributed by atoms with Crippen LogP contribution in [0.1, 0.15) is 5.56 Å². The largest absolute Gasteiger partial charge is 0.281 e. The van der Waals surface area contributed by atoms with Crippen molar-refractivity contribution >= 4 is 48.7 Å². The molecule has 0 N–H and O–H groups in total. The minimum absolute atomic E-state index is 0.263. The van der Waals surface area contributed by atoms with E-state index in [9.17, 15) is 4.79 Å². The van der Waals surface area contributed by atoms with E-state index in [1.165, 1.54) is 0 Å². The molecular formula is C8H5Br2ClO. The lowest BCUT2D eigenvalue weighted by Gasteiger charge is -1.99. The fourth-order valence-corrected chi connectivity index (χ4v) is 2.42. The molecular weight excluding hydrogens is 307 g/mol. The number of carbonyl (C=O) groups excluding carboxylic acids is 1. The number of benzene rings is 1. The predicted molar refractivity (Wildman–Crippen MR) is 56.4 cm³/mol. The van der Waals surface area contributed by atoms with Crippen molar-refractivity contribution in [3.8, 4) is 0 Å². The van der Waals surface area contributed by atoms with Crippen molar-refractivity contribution in [3.63, 3.8) is 0 Å². The highest BCUT2D eigenvalue weighted by Crippen LogP contribution is 2.20. The summed E-state index contributed by atoms with van der Waals surface area (Å²) in [5.41, 5.74) is 0.899. The third kappa shape index (κ3) is 3.25. The SMILES string of the molecule is O=C(Cl)Cc1cc(Br)cc(Br)c1. The van der Waals surface area contributed by atoms with Gasteiger partial charge in [-0.25, -0.2) is 0 Å². The fraction of sp³-hybridized carbons (Fsp3) is 0.125. The Morgan fingerprint density at radius 1 is 1.25 bits per heavy atom. The first-order valence-corrected chi connectivity index (χ1v) is 5.17. The molecule has 0 heterocycles. The summed E-state index contributed by atoms with van der Waals surface area (Å²) in [7, 11) is 0. The highest BCUT2D eigenvalue weighted by atomic mass is 79.9.